The SMILES string of the molecule is Cc1cnc(-c2cccc(OC(F)F)c2)[nH]1. The summed E-state index contributed by atoms with van der Waals surface area (Å²) in [5.41, 5.74) is 1.63. The molecule has 0 fully saturated rings. The number of nitrogens with zero attached hydrogens (tertiary/aromatic N) is 1. The number of alkyl halides is 2. The molecule has 0 amide bonds. The van der Waals surface area contributed by atoms with Crippen molar-refractivity contribution in [3.63, 3.8) is 0 Å². The maximum absolute atomic E-state index is 12.0. The Morgan fingerprint density at radius 3 is 2.81 bits per heavy atom. The van der Waals surface area contributed by atoms with E-state index >= 15 is 0 Å². The largest absolute Gasteiger partial charge is 0.435 e. The quantitative estimate of drug-likeness (QED) is 0.870. The second-order valence-electron chi connectivity index (χ2n) is 3.32. The maximum atomic E-state index is 12.0. The maximum Gasteiger partial charge on any atom is 0.387 e. The summed E-state index contributed by atoms with van der Waals surface area (Å²) >= 11 is 0. The molecule has 2 aromatic rings. The van der Waals surface area contributed by atoms with Crippen LogP contribution in [-0.4, -0.2) is 16.6 Å². The Bertz CT molecular complexity index is 482. The Hall–Kier alpha value is -1.91. The van der Waals surface area contributed by atoms with Crippen molar-refractivity contribution in [2.24, 2.45) is 0 Å². The summed E-state index contributed by atoms with van der Waals surface area (Å²) in [4.78, 5) is 7.13. The monoisotopic (exact) mass is 224 g/mol. The lowest BCUT2D eigenvalue weighted by atomic mass is 10.2. The molecule has 3 nitrogen and oxygen atoms in total. The summed E-state index contributed by atoms with van der Waals surface area (Å²) in [6.45, 7) is -0.940. The Labute approximate surface area is 91.1 Å². The highest BCUT2D eigenvalue weighted by atomic mass is 19.3. The van der Waals surface area contributed by atoms with Crippen LogP contribution in [0.15, 0.2) is 30.5 Å². The van der Waals surface area contributed by atoms with E-state index in [1.807, 2.05) is 6.92 Å². The van der Waals surface area contributed by atoms with Crippen LogP contribution in [0.5, 0.6) is 5.75 Å². The molecule has 5 heteroatoms. The fraction of sp³-hybridized carbons (Fsp3) is 0.182. The average Bonchev–Trinajstić information content (AvgIpc) is 2.64. The molecular formula is C11H10F2N2O. The van der Waals surface area contributed by atoms with Crippen LogP contribution in [0.1, 0.15) is 5.69 Å². The first-order chi connectivity index (χ1) is 7.65. The van der Waals surface area contributed by atoms with Gasteiger partial charge in [0.25, 0.3) is 0 Å². The van der Waals surface area contributed by atoms with Crippen molar-refractivity contribution in [3.8, 4) is 17.1 Å². The second kappa shape index (κ2) is 4.30. The van der Waals surface area contributed by atoms with Gasteiger partial charge < -0.3 is 9.72 Å². The number of H-pyrrole nitrogens is 1. The van der Waals surface area contributed by atoms with Crippen LogP contribution in [0, 0.1) is 6.92 Å². The van der Waals surface area contributed by atoms with Gasteiger partial charge in [0.1, 0.15) is 11.6 Å². The molecule has 84 valence electrons. The van der Waals surface area contributed by atoms with Crippen molar-refractivity contribution in [2.45, 2.75) is 13.5 Å². The van der Waals surface area contributed by atoms with E-state index in [-0.39, 0.29) is 5.75 Å². The first-order valence-electron chi connectivity index (χ1n) is 4.72. The van der Waals surface area contributed by atoms with E-state index < -0.39 is 6.61 Å². The Morgan fingerprint density at radius 1 is 1.38 bits per heavy atom. The van der Waals surface area contributed by atoms with Crippen molar-refractivity contribution in [2.75, 3.05) is 0 Å². The summed E-state index contributed by atoms with van der Waals surface area (Å²) in [5, 5.41) is 0. The molecule has 1 heterocycles. The molecular weight excluding hydrogens is 214 g/mol. The van der Waals surface area contributed by atoms with Gasteiger partial charge in [-0.2, -0.15) is 8.78 Å². The average molecular weight is 224 g/mol. The molecule has 0 unspecified atom stereocenters. The molecule has 0 aliphatic rings. The third-order valence-electron chi connectivity index (χ3n) is 2.04. The van der Waals surface area contributed by atoms with Gasteiger partial charge in [-0.25, -0.2) is 4.98 Å². The van der Waals surface area contributed by atoms with E-state index in [0.29, 0.717) is 11.4 Å². The first kappa shape index (κ1) is 10.6. The predicted molar refractivity (Wildman–Crippen MR) is 55.4 cm³/mol. The third-order valence-corrected chi connectivity index (χ3v) is 2.04. The zero-order chi connectivity index (χ0) is 11.5. The van der Waals surface area contributed by atoms with Crippen LogP contribution < -0.4 is 4.74 Å². The number of hydrogen-bond donors (Lipinski definition) is 1. The van der Waals surface area contributed by atoms with E-state index in [9.17, 15) is 8.78 Å². The highest BCUT2D eigenvalue weighted by molar-refractivity contribution is 5.57. The summed E-state index contributed by atoms with van der Waals surface area (Å²) in [7, 11) is 0. The number of benzene rings is 1. The highest BCUT2D eigenvalue weighted by Gasteiger charge is 2.06. The number of aromatic nitrogens is 2. The van der Waals surface area contributed by atoms with Gasteiger partial charge in [0.05, 0.1) is 0 Å². The molecule has 16 heavy (non-hydrogen) atoms. The van der Waals surface area contributed by atoms with Gasteiger partial charge in [0.2, 0.25) is 0 Å². The zero-order valence-corrected chi connectivity index (χ0v) is 8.58. The van der Waals surface area contributed by atoms with Crippen molar-refractivity contribution in [1.82, 2.24) is 9.97 Å². The number of aromatic amines is 1. The molecule has 0 radical (unpaired) electrons. The summed E-state index contributed by atoms with van der Waals surface area (Å²) in [6, 6.07) is 6.41. The Morgan fingerprint density at radius 2 is 2.19 bits per heavy atom. The van der Waals surface area contributed by atoms with Gasteiger partial charge in [-0.3, -0.25) is 0 Å². The van der Waals surface area contributed by atoms with Crippen LogP contribution in [0.2, 0.25) is 0 Å². The molecule has 1 N–H and O–H groups in total. The number of aryl methyl sites for hydroxylation is 1. The van der Waals surface area contributed by atoms with Gasteiger partial charge >= 0.3 is 6.61 Å². The van der Waals surface area contributed by atoms with E-state index in [2.05, 4.69) is 14.7 Å². The molecule has 0 saturated carbocycles. The van der Waals surface area contributed by atoms with Gasteiger partial charge in [-0.1, -0.05) is 12.1 Å². The normalized spacial score (nSPS) is 10.8. The Balaban J connectivity index is 2.28. The van der Waals surface area contributed by atoms with Crippen LogP contribution in [0.4, 0.5) is 8.78 Å². The molecule has 0 aliphatic carbocycles. The summed E-state index contributed by atoms with van der Waals surface area (Å²) < 4.78 is 28.3. The van der Waals surface area contributed by atoms with Gasteiger partial charge in [-0.15, -0.1) is 0 Å². The summed E-state index contributed by atoms with van der Waals surface area (Å²) in [6.07, 6.45) is 1.68. The number of imidazole rings is 1. The predicted octanol–water partition coefficient (Wildman–Crippen LogP) is 2.99. The molecule has 1 aromatic heterocycles. The molecule has 2 rings (SSSR count). The minimum Gasteiger partial charge on any atom is -0.435 e. The molecule has 0 spiro atoms. The van der Waals surface area contributed by atoms with Gasteiger partial charge in [0.15, 0.2) is 0 Å². The van der Waals surface area contributed by atoms with Crippen molar-refractivity contribution in [3.05, 3.63) is 36.2 Å². The molecule has 0 saturated heterocycles. The fourth-order valence-corrected chi connectivity index (χ4v) is 1.38. The molecule has 0 aliphatic heterocycles. The molecule has 0 atom stereocenters. The topological polar surface area (TPSA) is 37.9 Å². The smallest absolute Gasteiger partial charge is 0.387 e. The van der Waals surface area contributed by atoms with E-state index in [4.69, 9.17) is 0 Å². The zero-order valence-electron chi connectivity index (χ0n) is 8.58. The highest BCUT2D eigenvalue weighted by Crippen LogP contribution is 2.22. The van der Waals surface area contributed by atoms with Crippen molar-refractivity contribution in [1.29, 1.82) is 0 Å². The first-order valence-corrected chi connectivity index (χ1v) is 4.72. The van der Waals surface area contributed by atoms with E-state index in [0.717, 1.165) is 5.69 Å². The van der Waals surface area contributed by atoms with Crippen molar-refractivity contribution < 1.29 is 13.5 Å². The van der Waals surface area contributed by atoms with Crippen molar-refractivity contribution >= 4 is 0 Å². The fourth-order valence-electron chi connectivity index (χ4n) is 1.38. The van der Waals surface area contributed by atoms with E-state index in [1.54, 1.807) is 18.3 Å². The Kier molecular flexibility index (Phi) is 2.85. The number of ether oxygens (including phenoxy) is 1. The number of halogens is 2. The molecule has 0 bridgehead atoms. The standard InChI is InChI=1S/C11H10F2N2O/c1-7-6-14-10(15-7)8-3-2-4-9(5-8)16-11(12)13/h2-6,11H,1H3,(H,14,15). The lowest BCUT2D eigenvalue weighted by Gasteiger charge is -2.05. The van der Waals surface area contributed by atoms with Crippen LogP contribution in [0.25, 0.3) is 11.4 Å². The second-order valence-corrected chi connectivity index (χ2v) is 3.32. The lowest BCUT2D eigenvalue weighted by Crippen LogP contribution is -2.01. The third kappa shape index (κ3) is 2.36. The van der Waals surface area contributed by atoms with Crippen LogP contribution >= 0.6 is 0 Å². The van der Waals surface area contributed by atoms with Gasteiger partial charge in [-0.05, 0) is 19.1 Å². The van der Waals surface area contributed by atoms with Gasteiger partial charge in [0, 0.05) is 17.5 Å². The number of rotatable bonds is 3. The number of nitrogens with one attached hydrogen (secondary N) is 1. The minimum absolute atomic E-state index is 0.126. The van der Waals surface area contributed by atoms with Crippen LogP contribution in [-0.2, 0) is 0 Å². The van der Waals surface area contributed by atoms with Crippen LogP contribution in [0.3, 0.4) is 0 Å². The molecule has 1 aromatic carbocycles. The van der Waals surface area contributed by atoms with E-state index in [1.165, 1.54) is 12.1 Å². The minimum atomic E-state index is -2.81. The summed E-state index contributed by atoms with van der Waals surface area (Å²) in [5.74, 6) is 0.763. The lowest BCUT2D eigenvalue weighted by molar-refractivity contribution is -0.0498. The number of hydrogen-bond acceptors (Lipinski definition) is 2.